The van der Waals surface area contributed by atoms with Crippen molar-refractivity contribution in [3.05, 3.63) is 84.7 Å². The van der Waals surface area contributed by atoms with Crippen LogP contribution in [-0.4, -0.2) is 51.6 Å². The Labute approximate surface area is 173 Å². The van der Waals surface area contributed by atoms with Crippen LogP contribution in [0.4, 0.5) is 10.1 Å². The van der Waals surface area contributed by atoms with E-state index in [1.807, 2.05) is 33.9 Å². The average Bonchev–Trinajstić information content (AvgIpc) is 3.23. The number of anilines is 1. The van der Waals surface area contributed by atoms with Crippen LogP contribution in [0.1, 0.15) is 10.5 Å². The summed E-state index contributed by atoms with van der Waals surface area (Å²) in [6.07, 6.45) is 5.42. The summed E-state index contributed by atoms with van der Waals surface area (Å²) in [7, 11) is 0. The summed E-state index contributed by atoms with van der Waals surface area (Å²) in [4.78, 5) is 20.9. The van der Waals surface area contributed by atoms with E-state index in [1.165, 1.54) is 12.1 Å². The van der Waals surface area contributed by atoms with Crippen molar-refractivity contribution in [2.24, 2.45) is 0 Å². The lowest BCUT2D eigenvalue weighted by molar-refractivity contribution is 0.0741. The fourth-order valence-electron chi connectivity index (χ4n) is 3.84. The molecule has 1 aromatic carbocycles. The largest absolute Gasteiger partial charge is 0.365 e. The summed E-state index contributed by atoms with van der Waals surface area (Å²) >= 11 is 0. The number of piperazine rings is 1. The molecule has 0 N–H and O–H groups in total. The molecule has 1 saturated heterocycles. The second-order valence-corrected chi connectivity index (χ2v) is 7.28. The smallest absolute Gasteiger partial charge is 0.272 e. The van der Waals surface area contributed by atoms with Crippen LogP contribution < -0.4 is 4.90 Å². The summed E-state index contributed by atoms with van der Waals surface area (Å²) in [5.41, 5.74) is 4.46. The number of carbonyl (C=O) groups is 1. The Morgan fingerprint density at radius 2 is 1.73 bits per heavy atom. The Balaban J connectivity index is 1.36. The minimum Gasteiger partial charge on any atom is -0.365 e. The lowest BCUT2D eigenvalue weighted by Gasteiger charge is -2.35. The van der Waals surface area contributed by atoms with E-state index in [2.05, 4.69) is 21.0 Å². The molecular weight excluding hydrogens is 381 g/mol. The zero-order valence-electron chi connectivity index (χ0n) is 16.3. The van der Waals surface area contributed by atoms with Gasteiger partial charge in [0.15, 0.2) is 0 Å². The third-order valence-corrected chi connectivity index (χ3v) is 5.47. The molecule has 0 bridgehead atoms. The molecule has 0 atom stereocenters. The molecule has 1 aliphatic heterocycles. The van der Waals surface area contributed by atoms with Crippen molar-refractivity contribution in [1.82, 2.24) is 19.5 Å². The fourth-order valence-corrected chi connectivity index (χ4v) is 3.84. The standard InChI is InChI=1S/C23H20FN5O/c24-19-6-4-17(5-7-19)18-8-10-29-21(15-18)22(16-26-29)27-11-13-28(14-12-27)23(30)20-3-1-2-9-25-20/h1-10,15-16H,11-14H2. The number of fused-ring (bicyclic) bond motifs is 1. The predicted octanol–water partition coefficient (Wildman–Crippen LogP) is 3.50. The molecule has 4 heterocycles. The Bertz CT molecular complexity index is 1180. The molecule has 1 aliphatic rings. The van der Waals surface area contributed by atoms with Crippen LogP contribution in [0.25, 0.3) is 16.6 Å². The third kappa shape index (κ3) is 3.39. The maximum absolute atomic E-state index is 13.3. The highest BCUT2D eigenvalue weighted by atomic mass is 19.1. The zero-order valence-corrected chi connectivity index (χ0v) is 16.3. The lowest BCUT2D eigenvalue weighted by Crippen LogP contribution is -2.49. The quantitative estimate of drug-likeness (QED) is 0.527. The number of amides is 1. The first-order valence-corrected chi connectivity index (χ1v) is 9.88. The third-order valence-electron chi connectivity index (χ3n) is 5.47. The first-order chi connectivity index (χ1) is 14.7. The molecule has 6 nitrogen and oxygen atoms in total. The summed E-state index contributed by atoms with van der Waals surface area (Å²) in [5, 5.41) is 4.47. The molecule has 1 amide bonds. The van der Waals surface area contributed by atoms with Crippen molar-refractivity contribution < 1.29 is 9.18 Å². The average molecular weight is 401 g/mol. The highest BCUT2D eigenvalue weighted by Gasteiger charge is 2.24. The first-order valence-electron chi connectivity index (χ1n) is 9.88. The summed E-state index contributed by atoms with van der Waals surface area (Å²) in [6, 6.07) is 15.9. The Kier molecular flexibility index (Phi) is 4.63. The molecule has 0 spiro atoms. The topological polar surface area (TPSA) is 53.7 Å². The van der Waals surface area contributed by atoms with Crippen molar-refractivity contribution in [1.29, 1.82) is 0 Å². The van der Waals surface area contributed by atoms with Crippen molar-refractivity contribution in [2.45, 2.75) is 0 Å². The molecule has 4 aromatic rings. The number of halogens is 1. The molecule has 0 saturated carbocycles. The number of hydrogen-bond acceptors (Lipinski definition) is 4. The second kappa shape index (κ2) is 7.59. The fraction of sp³-hybridized carbons (Fsp3) is 0.174. The maximum Gasteiger partial charge on any atom is 0.272 e. The molecule has 0 radical (unpaired) electrons. The number of carbonyl (C=O) groups excluding carboxylic acids is 1. The SMILES string of the molecule is O=C(c1ccccn1)N1CCN(c2cnn3ccc(-c4ccc(F)cc4)cc23)CC1. The van der Waals surface area contributed by atoms with Crippen LogP contribution in [0, 0.1) is 5.82 Å². The van der Waals surface area contributed by atoms with E-state index in [4.69, 9.17) is 0 Å². The normalized spacial score (nSPS) is 14.3. The number of benzene rings is 1. The molecular formula is C23H20FN5O. The van der Waals surface area contributed by atoms with Crippen molar-refractivity contribution in [2.75, 3.05) is 31.1 Å². The highest BCUT2D eigenvalue weighted by molar-refractivity contribution is 5.92. The van der Waals surface area contributed by atoms with E-state index in [0.29, 0.717) is 18.8 Å². The number of nitrogens with zero attached hydrogens (tertiary/aromatic N) is 5. The van der Waals surface area contributed by atoms with Gasteiger partial charge in [-0.05, 0) is 47.5 Å². The van der Waals surface area contributed by atoms with Gasteiger partial charge in [-0.3, -0.25) is 9.78 Å². The minimum absolute atomic E-state index is 0.0336. The molecule has 0 aliphatic carbocycles. The van der Waals surface area contributed by atoms with Crippen LogP contribution in [0.3, 0.4) is 0 Å². The lowest BCUT2D eigenvalue weighted by atomic mass is 10.1. The van der Waals surface area contributed by atoms with Crippen molar-refractivity contribution in [3.8, 4) is 11.1 Å². The zero-order chi connectivity index (χ0) is 20.5. The van der Waals surface area contributed by atoms with Gasteiger partial charge < -0.3 is 9.80 Å². The summed E-state index contributed by atoms with van der Waals surface area (Å²) in [5.74, 6) is -0.281. The number of pyridine rings is 2. The van der Waals surface area contributed by atoms with Gasteiger partial charge in [0.2, 0.25) is 0 Å². The van der Waals surface area contributed by atoms with Gasteiger partial charge in [0, 0.05) is 38.6 Å². The van der Waals surface area contributed by atoms with Gasteiger partial charge in [-0.2, -0.15) is 5.10 Å². The monoisotopic (exact) mass is 401 g/mol. The van der Waals surface area contributed by atoms with Gasteiger partial charge >= 0.3 is 0 Å². The molecule has 30 heavy (non-hydrogen) atoms. The van der Waals surface area contributed by atoms with E-state index in [9.17, 15) is 9.18 Å². The van der Waals surface area contributed by atoms with Crippen molar-refractivity contribution in [3.63, 3.8) is 0 Å². The second-order valence-electron chi connectivity index (χ2n) is 7.28. The number of hydrogen-bond donors (Lipinski definition) is 0. The maximum atomic E-state index is 13.3. The van der Waals surface area contributed by atoms with E-state index < -0.39 is 0 Å². The summed E-state index contributed by atoms with van der Waals surface area (Å²) in [6.45, 7) is 2.70. The van der Waals surface area contributed by atoms with Crippen LogP contribution in [0.2, 0.25) is 0 Å². The molecule has 3 aromatic heterocycles. The number of aromatic nitrogens is 3. The highest BCUT2D eigenvalue weighted by Crippen LogP contribution is 2.28. The molecule has 0 unspecified atom stereocenters. The van der Waals surface area contributed by atoms with Gasteiger partial charge in [0.05, 0.1) is 17.4 Å². The van der Waals surface area contributed by atoms with Gasteiger partial charge in [-0.25, -0.2) is 8.91 Å². The molecule has 150 valence electrons. The van der Waals surface area contributed by atoms with Gasteiger partial charge in [0.25, 0.3) is 5.91 Å². The van der Waals surface area contributed by atoms with E-state index in [-0.39, 0.29) is 11.7 Å². The van der Waals surface area contributed by atoms with Crippen LogP contribution in [0.5, 0.6) is 0 Å². The van der Waals surface area contributed by atoms with Crippen LogP contribution in [-0.2, 0) is 0 Å². The van der Waals surface area contributed by atoms with Gasteiger partial charge in [-0.1, -0.05) is 18.2 Å². The Morgan fingerprint density at radius 1 is 0.933 bits per heavy atom. The number of rotatable bonds is 3. The Morgan fingerprint density at radius 3 is 2.47 bits per heavy atom. The van der Waals surface area contributed by atoms with Gasteiger partial charge in [0.1, 0.15) is 11.5 Å². The predicted molar refractivity (Wildman–Crippen MR) is 113 cm³/mol. The molecule has 5 rings (SSSR count). The molecule has 7 heteroatoms. The Hall–Kier alpha value is -3.74. The summed E-state index contributed by atoms with van der Waals surface area (Å²) < 4.78 is 15.1. The van der Waals surface area contributed by atoms with E-state index in [1.54, 1.807) is 30.5 Å². The van der Waals surface area contributed by atoms with Crippen LogP contribution >= 0.6 is 0 Å². The van der Waals surface area contributed by atoms with Crippen molar-refractivity contribution >= 4 is 17.1 Å². The van der Waals surface area contributed by atoms with E-state index >= 15 is 0 Å². The van der Waals surface area contributed by atoms with Crippen LogP contribution in [0.15, 0.2) is 73.2 Å². The minimum atomic E-state index is -0.247. The first kappa shape index (κ1) is 18.3. The van der Waals surface area contributed by atoms with E-state index in [0.717, 1.165) is 35.4 Å². The van der Waals surface area contributed by atoms with Gasteiger partial charge in [-0.15, -0.1) is 0 Å². The molecule has 1 fully saturated rings.